The summed E-state index contributed by atoms with van der Waals surface area (Å²) in [4.78, 5) is 32.4. The van der Waals surface area contributed by atoms with E-state index in [0.29, 0.717) is 24.7 Å². The minimum Gasteiger partial charge on any atom is -0.384 e. The van der Waals surface area contributed by atoms with Gasteiger partial charge in [0.25, 0.3) is 0 Å². The van der Waals surface area contributed by atoms with Crippen LogP contribution >= 0.6 is 0 Å². The highest BCUT2D eigenvalue weighted by molar-refractivity contribution is 5.89. The highest BCUT2D eigenvalue weighted by Gasteiger charge is 2.29. The molecule has 1 aromatic heterocycles. The van der Waals surface area contributed by atoms with Gasteiger partial charge in [-0.15, -0.1) is 0 Å². The molecule has 7 heteroatoms. The number of aromatic nitrogens is 1. The fraction of sp³-hybridized carbons (Fsp3) is 0.708. The summed E-state index contributed by atoms with van der Waals surface area (Å²) >= 11 is 0. The summed E-state index contributed by atoms with van der Waals surface area (Å²) in [5.74, 6) is 0.753. The van der Waals surface area contributed by atoms with E-state index in [4.69, 9.17) is 5.73 Å². The van der Waals surface area contributed by atoms with Crippen LogP contribution in [-0.2, 0) is 16.1 Å². The van der Waals surface area contributed by atoms with E-state index in [1.165, 1.54) is 19.3 Å². The van der Waals surface area contributed by atoms with Crippen molar-refractivity contribution in [3.05, 3.63) is 23.9 Å². The third-order valence-electron chi connectivity index (χ3n) is 6.19. The molecule has 1 saturated carbocycles. The summed E-state index contributed by atoms with van der Waals surface area (Å²) in [7, 11) is 0. The lowest BCUT2D eigenvalue weighted by molar-refractivity contribution is -0.132. The predicted molar refractivity (Wildman–Crippen MR) is 125 cm³/mol. The normalized spacial score (nSPS) is 16.6. The van der Waals surface area contributed by atoms with Crippen molar-refractivity contribution in [1.29, 1.82) is 0 Å². The maximum atomic E-state index is 13.1. The molecule has 1 aliphatic rings. The Labute approximate surface area is 187 Å². The van der Waals surface area contributed by atoms with Crippen LogP contribution in [0, 0.1) is 5.92 Å². The zero-order chi connectivity index (χ0) is 22.6. The lowest BCUT2D eigenvalue weighted by Gasteiger charge is -2.31. The van der Waals surface area contributed by atoms with Gasteiger partial charge in [0.2, 0.25) is 11.8 Å². The largest absolute Gasteiger partial charge is 0.384 e. The van der Waals surface area contributed by atoms with Crippen molar-refractivity contribution in [3.63, 3.8) is 0 Å². The number of amides is 2. The summed E-state index contributed by atoms with van der Waals surface area (Å²) in [6, 6.07) is 2.82. The van der Waals surface area contributed by atoms with Crippen molar-refractivity contribution in [3.8, 4) is 0 Å². The Hall–Kier alpha value is -2.15. The predicted octanol–water partition coefficient (Wildman–Crippen LogP) is 3.25. The van der Waals surface area contributed by atoms with Crippen LogP contribution in [0.5, 0.6) is 0 Å². The van der Waals surface area contributed by atoms with E-state index in [2.05, 4.69) is 34.4 Å². The highest BCUT2D eigenvalue weighted by Crippen LogP contribution is 2.27. The van der Waals surface area contributed by atoms with E-state index < -0.39 is 6.04 Å². The van der Waals surface area contributed by atoms with Gasteiger partial charge in [-0.1, -0.05) is 52.0 Å². The second-order valence-corrected chi connectivity index (χ2v) is 8.82. The average Bonchev–Trinajstić information content (AvgIpc) is 2.78. The van der Waals surface area contributed by atoms with Crippen molar-refractivity contribution >= 4 is 17.6 Å². The molecule has 1 aliphatic carbocycles. The summed E-state index contributed by atoms with van der Waals surface area (Å²) in [6.45, 7) is 8.32. The van der Waals surface area contributed by atoms with Gasteiger partial charge in [-0.2, -0.15) is 0 Å². The molecule has 1 aromatic rings. The summed E-state index contributed by atoms with van der Waals surface area (Å²) in [5, 5.41) is 6.06. The third-order valence-corrected chi connectivity index (χ3v) is 6.19. The van der Waals surface area contributed by atoms with Crippen LogP contribution in [0.2, 0.25) is 0 Å². The molecule has 31 heavy (non-hydrogen) atoms. The number of pyridine rings is 1. The minimum absolute atomic E-state index is 0.0630. The van der Waals surface area contributed by atoms with Crippen molar-refractivity contribution in [2.45, 2.75) is 90.8 Å². The third kappa shape index (κ3) is 8.48. The van der Waals surface area contributed by atoms with Gasteiger partial charge in [0, 0.05) is 12.7 Å². The van der Waals surface area contributed by atoms with E-state index in [-0.39, 0.29) is 17.9 Å². The van der Waals surface area contributed by atoms with E-state index in [0.717, 1.165) is 44.3 Å². The Bertz CT molecular complexity index is 667. The first-order valence-electron chi connectivity index (χ1n) is 12.0. The maximum Gasteiger partial charge on any atom is 0.242 e. The van der Waals surface area contributed by atoms with E-state index in [9.17, 15) is 9.59 Å². The smallest absolute Gasteiger partial charge is 0.242 e. The number of nitrogens with two attached hydrogens (primary N) is 1. The van der Waals surface area contributed by atoms with Crippen molar-refractivity contribution < 1.29 is 9.59 Å². The molecule has 2 atom stereocenters. The van der Waals surface area contributed by atoms with Gasteiger partial charge in [-0.25, -0.2) is 4.98 Å². The lowest BCUT2D eigenvalue weighted by Crippen LogP contribution is -2.53. The number of nitrogen functional groups attached to an aromatic ring is 1. The quantitative estimate of drug-likeness (QED) is 0.472. The monoisotopic (exact) mass is 431 g/mol. The zero-order valence-corrected chi connectivity index (χ0v) is 19.5. The lowest BCUT2D eigenvalue weighted by atomic mass is 9.84. The highest BCUT2D eigenvalue weighted by atomic mass is 16.2. The summed E-state index contributed by atoms with van der Waals surface area (Å²) in [6.07, 6.45) is 10.3. The van der Waals surface area contributed by atoms with Gasteiger partial charge in [0.05, 0.1) is 6.04 Å². The molecular weight excluding hydrogens is 390 g/mol. The molecule has 1 unspecified atom stereocenters. The number of carbonyl (C=O) groups is 2. The average molecular weight is 432 g/mol. The second kappa shape index (κ2) is 13.3. The molecule has 0 spiro atoms. The molecule has 0 bridgehead atoms. The molecule has 0 radical (unpaired) electrons. The molecule has 174 valence electrons. The van der Waals surface area contributed by atoms with Crippen LogP contribution in [-0.4, -0.2) is 46.9 Å². The first-order chi connectivity index (χ1) is 14.9. The van der Waals surface area contributed by atoms with Crippen LogP contribution in [0.1, 0.15) is 77.7 Å². The van der Waals surface area contributed by atoms with E-state index in [1.807, 2.05) is 13.0 Å². The van der Waals surface area contributed by atoms with Crippen molar-refractivity contribution in [2.75, 3.05) is 18.8 Å². The molecule has 2 rings (SSSR count). The number of nitrogens with one attached hydrogen (secondary N) is 2. The number of anilines is 1. The molecule has 0 aliphatic heterocycles. The first-order valence-corrected chi connectivity index (χ1v) is 12.0. The minimum atomic E-state index is -0.509. The molecule has 2 amide bonds. The van der Waals surface area contributed by atoms with Gasteiger partial charge in [-0.3, -0.25) is 14.5 Å². The Balaban J connectivity index is 2.02. The van der Waals surface area contributed by atoms with E-state index in [1.54, 1.807) is 12.3 Å². The van der Waals surface area contributed by atoms with Gasteiger partial charge in [0.1, 0.15) is 11.9 Å². The van der Waals surface area contributed by atoms with Gasteiger partial charge in [-0.05, 0) is 56.8 Å². The maximum absolute atomic E-state index is 13.1. The van der Waals surface area contributed by atoms with Gasteiger partial charge >= 0.3 is 0 Å². The van der Waals surface area contributed by atoms with Gasteiger partial charge in [0.15, 0.2) is 0 Å². The van der Waals surface area contributed by atoms with Crippen LogP contribution < -0.4 is 16.4 Å². The molecule has 4 N–H and O–H groups in total. The summed E-state index contributed by atoms with van der Waals surface area (Å²) in [5.41, 5.74) is 6.52. The number of hydrogen-bond acceptors (Lipinski definition) is 5. The van der Waals surface area contributed by atoms with Crippen LogP contribution in [0.3, 0.4) is 0 Å². The molecule has 1 heterocycles. The molecular formula is C24H41N5O2. The Morgan fingerprint density at radius 2 is 1.81 bits per heavy atom. The first kappa shape index (κ1) is 25.1. The fourth-order valence-corrected chi connectivity index (χ4v) is 4.37. The number of rotatable bonds is 12. The number of nitrogens with zero attached hydrogens (tertiary/aromatic N) is 2. The molecule has 1 fully saturated rings. The van der Waals surface area contributed by atoms with Crippen LogP contribution in [0.4, 0.5) is 5.82 Å². The number of carbonyl (C=O) groups excluding carboxylic acids is 2. The molecule has 0 saturated heterocycles. The fourth-order valence-electron chi connectivity index (χ4n) is 4.37. The Kier molecular flexibility index (Phi) is 10.8. The van der Waals surface area contributed by atoms with Crippen molar-refractivity contribution in [1.82, 2.24) is 20.5 Å². The number of hydrogen-bond donors (Lipinski definition) is 3. The Morgan fingerprint density at radius 3 is 2.39 bits per heavy atom. The SMILES string of the molecule is CCCN(CCC)C(C)C(=O)N[C@@H](CC1CCCCC1)C(=O)NCc1ccc(N)nc1. The van der Waals surface area contributed by atoms with Crippen molar-refractivity contribution in [2.24, 2.45) is 5.92 Å². The van der Waals surface area contributed by atoms with E-state index >= 15 is 0 Å². The molecule has 0 aromatic carbocycles. The Morgan fingerprint density at radius 1 is 1.13 bits per heavy atom. The summed E-state index contributed by atoms with van der Waals surface area (Å²) < 4.78 is 0. The topological polar surface area (TPSA) is 100 Å². The molecule has 7 nitrogen and oxygen atoms in total. The van der Waals surface area contributed by atoms with Gasteiger partial charge < -0.3 is 16.4 Å². The second-order valence-electron chi connectivity index (χ2n) is 8.82. The van der Waals surface area contributed by atoms with Crippen LogP contribution in [0.15, 0.2) is 18.3 Å². The standard InChI is InChI=1S/C24H41N5O2/c1-4-13-29(14-5-2)18(3)23(30)28-21(15-19-9-7-6-8-10-19)24(31)27-17-20-11-12-22(25)26-16-20/h11-12,16,18-19,21H,4-10,13-15,17H2,1-3H3,(H2,25,26)(H,27,31)(H,28,30)/t18?,21-/m0/s1. The van der Waals surface area contributed by atoms with Crippen LogP contribution in [0.25, 0.3) is 0 Å². The zero-order valence-electron chi connectivity index (χ0n) is 19.5.